The second kappa shape index (κ2) is 5.09. The number of nitrogens with zero attached hydrogens (tertiary/aromatic N) is 1. The molecule has 2 heterocycles. The minimum Gasteiger partial charge on any atom is -0.471 e. The molecule has 0 aromatic carbocycles. The Labute approximate surface area is 89.6 Å². The fourth-order valence-electron chi connectivity index (χ4n) is 1.51. The van der Waals surface area contributed by atoms with Crippen LogP contribution >= 0.6 is 0 Å². The molecule has 4 nitrogen and oxygen atoms in total. The molecule has 0 aliphatic carbocycles. The molecule has 82 valence electrons. The molecule has 1 N–H and O–H groups in total. The summed E-state index contributed by atoms with van der Waals surface area (Å²) >= 11 is 0. The summed E-state index contributed by atoms with van der Waals surface area (Å²) in [7, 11) is 0. The maximum Gasteiger partial charge on any atom is 0.213 e. The van der Waals surface area contributed by atoms with Gasteiger partial charge in [0, 0.05) is 24.8 Å². The summed E-state index contributed by atoms with van der Waals surface area (Å²) in [5.74, 6) is 0.673. The zero-order valence-corrected chi connectivity index (χ0v) is 8.90. The molecule has 0 bridgehead atoms. The van der Waals surface area contributed by atoms with Crippen LogP contribution in [-0.2, 0) is 4.74 Å². The Morgan fingerprint density at radius 2 is 2.47 bits per heavy atom. The van der Waals surface area contributed by atoms with Crippen LogP contribution in [-0.4, -0.2) is 37.4 Å². The first-order valence-corrected chi connectivity index (χ1v) is 5.23. The van der Waals surface area contributed by atoms with Gasteiger partial charge in [-0.25, -0.2) is 4.98 Å². The normalized spacial score (nSPS) is 22.1. The molecule has 0 amide bonds. The summed E-state index contributed by atoms with van der Waals surface area (Å²) < 4.78 is 11.1. The SMILES string of the molecule is Cc1cccc(OC2CNCCOC2)n1. The van der Waals surface area contributed by atoms with E-state index in [9.17, 15) is 0 Å². The molecular weight excluding hydrogens is 192 g/mol. The number of rotatable bonds is 2. The maximum absolute atomic E-state index is 5.72. The van der Waals surface area contributed by atoms with E-state index in [1.165, 1.54) is 0 Å². The molecule has 4 heteroatoms. The highest BCUT2D eigenvalue weighted by molar-refractivity contribution is 5.15. The van der Waals surface area contributed by atoms with Crippen LogP contribution in [0.25, 0.3) is 0 Å². The molecule has 2 rings (SSSR count). The van der Waals surface area contributed by atoms with E-state index < -0.39 is 0 Å². The lowest BCUT2D eigenvalue weighted by molar-refractivity contribution is 0.0703. The standard InChI is InChI=1S/C11H16N2O2/c1-9-3-2-4-11(13-9)15-10-7-12-5-6-14-8-10/h2-4,10,12H,5-8H2,1H3. The summed E-state index contributed by atoms with van der Waals surface area (Å²) in [5.41, 5.74) is 0.968. The van der Waals surface area contributed by atoms with E-state index in [1.54, 1.807) is 0 Å². The molecule has 1 saturated heterocycles. The van der Waals surface area contributed by atoms with E-state index in [0.717, 1.165) is 25.4 Å². The number of aryl methyl sites for hydroxylation is 1. The van der Waals surface area contributed by atoms with Crippen molar-refractivity contribution in [2.24, 2.45) is 0 Å². The minimum atomic E-state index is 0.0572. The van der Waals surface area contributed by atoms with Gasteiger partial charge in [-0.1, -0.05) is 6.07 Å². The van der Waals surface area contributed by atoms with Crippen LogP contribution in [0.5, 0.6) is 5.88 Å². The van der Waals surface area contributed by atoms with Gasteiger partial charge in [0.2, 0.25) is 5.88 Å². The van der Waals surface area contributed by atoms with Crippen LogP contribution in [0, 0.1) is 6.92 Å². The first-order valence-electron chi connectivity index (χ1n) is 5.23. The molecule has 1 aromatic rings. The second-order valence-corrected chi connectivity index (χ2v) is 3.64. The van der Waals surface area contributed by atoms with E-state index >= 15 is 0 Å². The Morgan fingerprint density at radius 1 is 1.53 bits per heavy atom. The number of aromatic nitrogens is 1. The van der Waals surface area contributed by atoms with Gasteiger partial charge >= 0.3 is 0 Å². The second-order valence-electron chi connectivity index (χ2n) is 3.64. The topological polar surface area (TPSA) is 43.4 Å². The van der Waals surface area contributed by atoms with Gasteiger partial charge in [-0.05, 0) is 13.0 Å². The molecule has 0 spiro atoms. The van der Waals surface area contributed by atoms with Crippen molar-refractivity contribution in [3.05, 3.63) is 23.9 Å². The minimum absolute atomic E-state index is 0.0572. The lowest BCUT2D eigenvalue weighted by Gasteiger charge is -2.15. The molecule has 1 aliphatic rings. The van der Waals surface area contributed by atoms with E-state index in [4.69, 9.17) is 9.47 Å². The third-order valence-corrected chi connectivity index (χ3v) is 2.25. The van der Waals surface area contributed by atoms with E-state index in [0.29, 0.717) is 12.5 Å². The number of hydrogen-bond donors (Lipinski definition) is 1. The predicted octanol–water partition coefficient (Wildman–Crippen LogP) is 0.757. The molecule has 15 heavy (non-hydrogen) atoms. The van der Waals surface area contributed by atoms with Crippen molar-refractivity contribution in [2.75, 3.05) is 26.3 Å². The van der Waals surface area contributed by atoms with Gasteiger partial charge < -0.3 is 14.8 Å². The fraction of sp³-hybridized carbons (Fsp3) is 0.545. The quantitative estimate of drug-likeness (QED) is 0.779. The molecule has 1 fully saturated rings. The molecular formula is C11H16N2O2. The third kappa shape index (κ3) is 3.18. The van der Waals surface area contributed by atoms with Gasteiger partial charge in [0.15, 0.2) is 0 Å². The Bertz CT molecular complexity index is 309. The van der Waals surface area contributed by atoms with Gasteiger partial charge in [-0.2, -0.15) is 0 Å². The molecule has 0 saturated carbocycles. The van der Waals surface area contributed by atoms with Crippen molar-refractivity contribution in [2.45, 2.75) is 13.0 Å². The highest BCUT2D eigenvalue weighted by Crippen LogP contribution is 2.09. The summed E-state index contributed by atoms with van der Waals surface area (Å²) in [6.45, 7) is 5.04. The van der Waals surface area contributed by atoms with Crippen LogP contribution in [0.1, 0.15) is 5.69 Å². The first-order chi connectivity index (χ1) is 7.34. The number of pyridine rings is 1. The van der Waals surface area contributed by atoms with Crippen molar-refractivity contribution in [3.8, 4) is 5.88 Å². The van der Waals surface area contributed by atoms with Crippen LogP contribution in [0.3, 0.4) is 0 Å². The molecule has 1 atom stereocenters. The lowest BCUT2D eigenvalue weighted by Crippen LogP contribution is -2.32. The average Bonchev–Trinajstić information content (AvgIpc) is 2.46. The highest BCUT2D eigenvalue weighted by Gasteiger charge is 2.13. The van der Waals surface area contributed by atoms with E-state index in [2.05, 4.69) is 10.3 Å². The summed E-state index contributed by atoms with van der Waals surface area (Å²) in [5, 5.41) is 3.25. The monoisotopic (exact) mass is 208 g/mol. The van der Waals surface area contributed by atoms with E-state index in [1.807, 2.05) is 25.1 Å². The molecule has 1 aromatic heterocycles. The van der Waals surface area contributed by atoms with Crippen LogP contribution in [0.4, 0.5) is 0 Å². The van der Waals surface area contributed by atoms with Gasteiger partial charge in [0.25, 0.3) is 0 Å². The largest absolute Gasteiger partial charge is 0.471 e. The van der Waals surface area contributed by atoms with Crippen LogP contribution in [0.15, 0.2) is 18.2 Å². The van der Waals surface area contributed by atoms with Gasteiger partial charge in [-0.3, -0.25) is 0 Å². The van der Waals surface area contributed by atoms with Crippen molar-refractivity contribution in [1.82, 2.24) is 10.3 Å². The van der Waals surface area contributed by atoms with Crippen LogP contribution in [0.2, 0.25) is 0 Å². The number of hydrogen-bond acceptors (Lipinski definition) is 4. The Hall–Kier alpha value is -1.13. The molecule has 1 aliphatic heterocycles. The van der Waals surface area contributed by atoms with Gasteiger partial charge in [0.1, 0.15) is 6.10 Å². The predicted molar refractivity (Wildman–Crippen MR) is 57.1 cm³/mol. The summed E-state index contributed by atoms with van der Waals surface area (Å²) in [4.78, 5) is 4.29. The fourth-order valence-corrected chi connectivity index (χ4v) is 1.51. The Balaban J connectivity index is 1.95. The van der Waals surface area contributed by atoms with Crippen molar-refractivity contribution in [1.29, 1.82) is 0 Å². The maximum atomic E-state index is 5.72. The smallest absolute Gasteiger partial charge is 0.213 e. The van der Waals surface area contributed by atoms with Crippen molar-refractivity contribution >= 4 is 0 Å². The zero-order valence-electron chi connectivity index (χ0n) is 8.90. The van der Waals surface area contributed by atoms with Gasteiger partial charge in [-0.15, -0.1) is 0 Å². The zero-order chi connectivity index (χ0) is 10.5. The molecule has 0 radical (unpaired) electrons. The average molecular weight is 208 g/mol. The summed E-state index contributed by atoms with van der Waals surface area (Å²) in [6, 6.07) is 5.77. The Morgan fingerprint density at radius 3 is 3.33 bits per heavy atom. The van der Waals surface area contributed by atoms with Gasteiger partial charge in [0.05, 0.1) is 13.2 Å². The highest BCUT2D eigenvalue weighted by atomic mass is 16.5. The first kappa shape index (κ1) is 10.4. The summed E-state index contributed by atoms with van der Waals surface area (Å²) in [6.07, 6.45) is 0.0572. The van der Waals surface area contributed by atoms with Crippen molar-refractivity contribution in [3.63, 3.8) is 0 Å². The third-order valence-electron chi connectivity index (χ3n) is 2.25. The number of ether oxygens (including phenoxy) is 2. The molecule has 1 unspecified atom stereocenters. The lowest BCUT2D eigenvalue weighted by atomic mass is 10.3. The van der Waals surface area contributed by atoms with E-state index in [-0.39, 0.29) is 6.10 Å². The van der Waals surface area contributed by atoms with Crippen LogP contribution < -0.4 is 10.1 Å². The Kier molecular flexibility index (Phi) is 3.53. The van der Waals surface area contributed by atoms with Crippen molar-refractivity contribution < 1.29 is 9.47 Å². The number of nitrogens with one attached hydrogen (secondary N) is 1.